The minimum absolute atomic E-state index is 0.00992. The van der Waals surface area contributed by atoms with E-state index in [0.717, 1.165) is 36.8 Å². The first-order valence-electron chi connectivity index (χ1n) is 12.4. The van der Waals surface area contributed by atoms with E-state index in [2.05, 4.69) is 22.6 Å². The summed E-state index contributed by atoms with van der Waals surface area (Å²) >= 11 is 6.16. The molecule has 1 saturated carbocycles. The molecule has 190 valence electrons. The second-order valence-electron chi connectivity index (χ2n) is 9.00. The van der Waals surface area contributed by atoms with Crippen LogP contribution in [0.1, 0.15) is 55.3 Å². The van der Waals surface area contributed by atoms with Gasteiger partial charge >= 0.3 is 12.1 Å². The van der Waals surface area contributed by atoms with Gasteiger partial charge in [0, 0.05) is 17.0 Å². The van der Waals surface area contributed by atoms with E-state index in [4.69, 9.17) is 25.6 Å². The molecule has 7 nitrogen and oxygen atoms in total. The summed E-state index contributed by atoms with van der Waals surface area (Å²) in [6.45, 7) is 4.23. The molecule has 0 bridgehead atoms. The summed E-state index contributed by atoms with van der Waals surface area (Å²) < 4.78 is 16.1. The summed E-state index contributed by atoms with van der Waals surface area (Å²) in [7, 11) is 0. The topological polar surface area (TPSA) is 90.7 Å². The number of nitrogens with one attached hydrogen (secondary N) is 1. The second kappa shape index (κ2) is 12.1. The van der Waals surface area contributed by atoms with E-state index in [0.29, 0.717) is 41.1 Å². The normalized spacial score (nSPS) is 17.4. The Labute approximate surface area is 216 Å². The third-order valence-electron chi connectivity index (χ3n) is 6.64. The third kappa shape index (κ3) is 6.26. The number of esters is 1. The SMILES string of the molecule is CCOC(=O)C1CCC(c2ccc(-c3onc(C)c3NC(=O)OCCc3ccccc3Cl)cc2)CC1. The van der Waals surface area contributed by atoms with Crippen molar-refractivity contribution in [2.24, 2.45) is 5.92 Å². The van der Waals surface area contributed by atoms with Gasteiger partial charge in [0.15, 0.2) is 5.76 Å². The van der Waals surface area contributed by atoms with Gasteiger partial charge in [-0.15, -0.1) is 0 Å². The Morgan fingerprint density at radius 1 is 1.06 bits per heavy atom. The van der Waals surface area contributed by atoms with Crippen LogP contribution in [0.2, 0.25) is 5.02 Å². The Bertz CT molecular complexity index is 1180. The van der Waals surface area contributed by atoms with Gasteiger partial charge in [-0.3, -0.25) is 10.1 Å². The quantitative estimate of drug-likeness (QED) is 0.330. The molecule has 1 amide bonds. The fourth-order valence-corrected chi connectivity index (χ4v) is 4.87. The van der Waals surface area contributed by atoms with Crippen LogP contribution in [0.3, 0.4) is 0 Å². The molecule has 2 aromatic carbocycles. The average Bonchev–Trinajstić information content (AvgIpc) is 3.25. The van der Waals surface area contributed by atoms with Crippen molar-refractivity contribution in [3.8, 4) is 11.3 Å². The van der Waals surface area contributed by atoms with Gasteiger partial charge in [-0.25, -0.2) is 4.79 Å². The summed E-state index contributed by atoms with van der Waals surface area (Å²) in [6.07, 6.45) is 3.54. The molecular formula is C28H31ClN2O5. The molecule has 1 aliphatic rings. The number of hydrogen-bond acceptors (Lipinski definition) is 6. The lowest BCUT2D eigenvalue weighted by atomic mass is 9.78. The molecule has 1 aromatic heterocycles. The number of aryl methyl sites for hydroxylation is 1. The van der Waals surface area contributed by atoms with E-state index in [1.165, 1.54) is 5.56 Å². The van der Waals surface area contributed by atoms with Crippen LogP contribution in [0.4, 0.5) is 10.5 Å². The number of anilines is 1. The van der Waals surface area contributed by atoms with E-state index in [9.17, 15) is 9.59 Å². The molecule has 1 N–H and O–H groups in total. The molecule has 0 unspecified atom stereocenters. The lowest BCUT2D eigenvalue weighted by molar-refractivity contribution is -0.149. The van der Waals surface area contributed by atoms with Crippen molar-refractivity contribution >= 4 is 29.4 Å². The van der Waals surface area contributed by atoms with Gasteiger partial charge < -0.3 is 14.0 Å². The Hall–Kier alpha value is -3.32. The van der Waals surface area contributed by atoms with Crippen LogP contribution in [-0.2, 0) is 20.7 Å². The number of carbonyl (C=O) groups excluding carboxylic acids is 2. The summed E-state index contributed by atoms with van der Waals surface area (Å²) in [4.78, 5) is 24.4. The number of aromatic nitrogens is 1. The van der Waals surface area contributed by atoms with Gasteiger partial charge in [-0.05, 0) is 62.6 Å². The van der Waals surface area contributed by atoms with Crippen LogP contribution in [0.25, 0.3) is 11.3 Å². The zero-order valence-electron chi connectivity index (χ0n) is 20.6. The predicted molar refractivity (Wildman–Crippen MR) is 138 cm³/mol. The average molecular weight is 511 g/mol. The number of amides is 1. The number of halogens is 1. The highest BCUT2D eigenvalue weighted by atomic mass is 35.5. The molecule has 0 aliphatic heterocycles. The summed E-state index contributed by atoms with van der Waals surface area (Å²) in [5.74, 6) is 0.824. The molecular weight excluding hydrogens is 480 g/mol. The number of carbonyl (C=O) groups is 2. The highest BCUT2D eigenvalue weighted by molar-refractivity contribution is 6.31. The number of rotatable bonds is 8. The highest BCUT2D eigenvalue weighted by Crippen LogP contribution is 2.38. The number of benzene rings is 2. The zero-order valence-corrected chi connectivity index (χ0v) is 21.3. The minimum Gasteiger partial charge on any atom is -0.466 e. The van der Waals surface area contributed by atoms with Crippen molar-refractivity contribution in [3.63, 3.8) is 0 Å². The molecule has 0 saturated heterocycles. The molecule has 1 aliphatic carbocycles. The minimum atomic E-state index is -0.579. The zero-order chi connectivity index (χ0) is 25.5. The largest absolute Gasteiger partial charge is 0.466 e. The standard InChI is InChI=1S/C28H31ClN2O5/c1-3-34-27(32)23-14-10-20(11-15-23)19-8-12-22(13-9-19)26-25(18(2)31-36-26)30-28(33)35-17-16-21-6-4-5-7-24(21)29/h4-9,12-13,20,23H,3,10-11,14-17H2,1-2H3,(H,30,33). The molecule has 0 spiro atoms. The van der Waals surface area contributed by atoms with Gasteiger partial charge in [0.25, 0.3) is 0 Å². The molecule has 1 heterocycles. The molecule has 0 radical (unpaired) electrons. The maximum Gasteiger partial charge on any atom is 0.411 e. The fraction of sp³-hybridized carbons (Fsp3) is 0.393. The molecule has 36 heavy (non-hydrogen) atoms. The van der Waals surface area contributed by atoms with E-state index in [1.54, 1.807) is 6.92 Å². The van der Waals surface area contributed by atoms with Crippen LogP contribution >= 0.6 is 11.6 Å². The molecule has 8 heteroatoms. The van der Waals surface area contributed by atoms with Gasteiger partial charge in [-0.2, -0.15) is 0 Å². The van der Waals surface area contributed by atoms with Gasteiger partial charge in [-0.1, -0.05) is 59.2 Å². The monoisotopic (exact) mass is 510 g/mol. The first kappa shape index (κ1) is 25.8. The smallest absolute Gasteiger partial charge is 0.411 e. The molecule has 0 atom stereocenters. The Morgan fingerprint density at radius 2 is 1.78 bits per heavy atom. The Kier molecular flexibility index (Phi) is 8.65. The van der Waals surface area contributed by atoms with Crippen LogP contribution < -0.4 is 5.32 Å². The molecule has 3 aromatic rings. The van der Waals surface area contributed by atoms with E-state index >= 15 is 0 Å². The van der Waals surface area contributed by atoms with Crippen molar-refractivity contribution in [1.82, 2.24) is 5.16 Å². The number of ether oxygens (including phenoxy) is 2. The Balaban J connectivity index is 1.34. The maximum atomic E-state index is 12.4. The molecule has 4 rings (SSSR count). The third-order valence-corrected chi connectivity index (χ3v) is 7.01. The van der Waals surface area contributed by atoms with Crippen molar-refractivity contribution in [2.75, 3.05) is 18.5 Å². The predicted octanol–water partition coefficient (Wildman–Crippen LogP) is 6.93. The maximum absolute atomic E-state index is 12.4. The summed E-state index contributed by atoms with van der Waals surface area (Å²) in [5, 5.41) is 7.45. The van der Waals surface area contributed by atoms with Crippen LogP contribution in [0.15, 0.2) is 53.1 Å². The highest BCUT2D eigenvalue weighted by Gasteiger charge is 2.28. The van der Waals surface area contributed by atoms with Crippen molar-refractivity contribution in [3.05, 3.63) is 70.4 Å². The van der Waals surface area contributed by atoms with Gasteiger partial charge in [0.05, 0.1) is 19.1 Å². The fourth-order valence-electron chi connectivity index (χ4n) is 4.64. The van der Waals surface area contributed by atoms with Crippen LogP contribution in [0.5, 0.6) is 0 Å². The van der Waals surface area contributed by atoms with Crippen molar-refractivity contribution in [2.45, 2.75) is 51.9 Å². The Morgan fingerprint density at radius 3 is 2.47 bits per heavy atom. The molecule has 1 fully saturated rings. The number of nitrogens with zero attached hydrogens (tertiary/aromatic N) is 1. The van der Waals surface area contributed by atoms with Gasteiger partial charge in [0.2, 0.25) is 0 Å². The van der Waals surface area contributed by atoms with Gasteiger partial charge in [0.1, 0.15) is 11.4 Å². The van der Waals surface area contributed by atoms with Crippen LogP contribution in [0, 0.1) is 12.8 Å². The summed E-state index contributed by atoms with van der Waals surface area (Å²) in [6, 6.07) is 15.6. The first-order chi connectivity index (χ1) is 17.5. The second-order valence-corrected chi connectivity index (χ2v) is 9.40. The summed E-state index contributed by atoms with van der Waals surface area (Å²) in [5.41, 5.74) is 4.01. The lowest BCUT2D eigenvalue weighted by Crippen LogP contribution is -2.23. The van der Waals surface area contributed by atoms with Crippen molar-refractivity contribution < 1.29 is 23.6 Å². The van der Waals surface area contributed by atoms with Crippen LogP contribution in [-0.4, -0.2) is 30.4 Å². The van der Waals surface area contributed by atoms with Crippen molar-refractivity contribution in [1.29, 1.82) is 0 Å². The lowest BCUT2D eigenvalue weighted by Gasteiger charge is -2.27. The first-order valence-corrected chi connectivity index (χ1v) is 12.7. The van der Waals surface area contributed by atoms with E-state index in [1.807, 2.05) is 43.3 Å². The number of hydrogen-bond donors (Lipinski definition) is 1. The van der Waals surface area contributed by atoms with E-state index in [-0.39, 0.29) is 18.5 Å². The van der Waals surface area contributed by atoms with E-state index < -0.39 is 6.09 Å².